The van der Waals surface area contributed by atoms with Crippen LogP contribution in [0.25, 0.3) is 5.70 Å². The first-order valence-electron chi connectivity index (χ1n) is 12.4. The Morgan fingerprint density at radius 1 is 1.03 bits per heavy atom. The van der Waals surface area contributed by atoms with Crippen LogP contribution < -0.4 is 10.6 Å². The molecule has 0 bridgehead atoms. The fourth-order valence-corrected chi connectivity index (χ4v) is 7.27. The second-order valence-corrected chi connectivity index (χ2v) is 11.4. The molecule has 3 aromatic rings. The highest BCUT2D eigenvalue weighted by molar-refractivity contribution is 8.19. The van der Waals surface area contributed by atoms with Gasteiger partial charge in [-0.05, 0) is 67.7 Å². The van der Waals surface area contributed by atoms with Crippen molar-refractivity contribution in [2.24, 2.45) is 4.99 Å². The zero-order valence-corrected chi connectivity index (χ0v) is 23.1. The second kappa shape index (κ2) is 10.9. The Hall–Kier alpha value is -3.77. The topological polar surface area (TPSA) is 77.3 Å². The number of hydrogen-bond donors (Lipinski definition) is 2. The number of benzene rings is 3. The zero-order valence-electron chi connectivity index (χ0n) is 21.5. The first kappa shape index (κ1) is 25.9. The van der Waals surface area contributed by atoms with E-state index in [9.17, 15) is 10.1 Å². The molecule has 5 rings (SSSR count). The van der Waals surface area contributed by atoms with Crippen molar-refractivity contribution in [3.8, 4) is 6.07 Å². The lowest BCUT2D eigenvalue weighted by Crippen LogP contribution is -2.38. The monoisotopic (exact) mass is 538 g/mol. The van der Waals surface area contributed by atoms with E-state index in [-0.39, 0.29) is 5.91 Å². The summed E-state index contributed by atoms with van der Waals surface area (Å²) >= 11 is 3.02. The molecular formula is C30H28N5OS2+. The summed E-state index contributed by atoms with van der Waals surface area (Å²) in [5, 5.41) is 17.1. The van der Waals surface area contributed by atoms with E-state index in [0.29, 0.717) is 32.4 Å². The number of rotatable bonds is 6. The van der Waals surface area contributed by atoms with Gasteiger partial charge in [-0.2, -0.15) is 5.26 Å². The van der Waals surface area contributed by atoms with Crippen molar-refractivity contribution in [3.63, 3.8) is 0 Å². The van der Waals surface area contributed by atoms with Crippen molar-refractivity contribution in [1.29, 1.82) is 5.26 Å². The molecule has 2 aliphatic heterocycles. The Morgan fingerprint density at radius 2 is 1.74 bits per heavy atom. The molecule has 1 saturated heterocycles. The van der Waals surface area contributed by atoms with Gasteiger partial charge in [0.05, 0.1) is 35.0 Å². The SMILES string of the molecule is CCNc1ccc(C#N)cc1N=C1NC(=O)C(=C2SC(C)=C(c3ccccc3)[N+]2(C)Cc2ccccc2)S1. The summed E-state index contributed by atoms with van der Waals surface area (Å²) in [6, 6.07) is 28.3. The van der Waals surface area contributed by atoms with Gasteiger partial charge >= 0.3 is 0 Å². The Kier molecular flexibility index (Phi) is 7.43. The molecule has 0 aromatic heterocycles. The quantitative estimate of drug-likeness (QED) is 0.267. The van der Waals surface area contributed by atoms with Crippen LogP contribution >= 0.6 is 23.5 Å². The Balaban J connectivity index is 1.58. The van der Waals surface area contributed by atoms with E-state index in [2.05, 4.69) is 79.2 Å². The van der Waals surface area contributed by atoms with Crippen LogP contribution in [0.2, 0.25) is 0 Å². The molecule has 2 aliphatic rings. The lowest BCUT2D eigenvalue weighted by atomic mass is 10.1. The lowest BCUT2D eigenvalue weighted by Gasteiger charge is -2.33. The molecule has 0 saturated carbocycles. The third kappa shape index (κ3) is 5.01. The van der Waals surface area contributed by atoms with Gasteiger partial charge in [0.1, 0.15) is 11.4 Å². The number of nitrogens with one attached hydrogen (secondary N) is 2. The van der Waals surface area contributed by atoms with Gasteiger partial charge in [0.25, 0.3) is 5.91 Å². The summed E-state index contributed by atoms with van der Waals surface area (Å²) in [5.74, 6) is -0.155. The number of amides is 1. The predicted molar refractivity (Wildman–Crippen MR) is 158 cm³/mol. The smallest absolute Gasteiger partial charge is 0.270 e. The van der Waals surface area contributed by atoms with Crippen LogP contribution in [0, 0.1) is 11.3 Å². The average molecular weight is 539 g/mol. The highest BCUT2D eigenvalue weighted by Gasteiger charge is 2.47. The molecule has 1 amide bonds. The fourth-order valence-electron chi connectivity index (χ4n) is 4.85. The number of quaternary nitrogens is 1. The normalized spacial score (nSPS) is 22.1. The van der Waals surface area contributed by atoms with E-state index in [0.717, 1.165) is 22.8 Å². The van der Waals surface area contributed by atoms with Crippen LogP contribution in [0.5, 0.6) is 0 Å². The van der Waals surface area contributed by atoms with E-state index in [1.807, 2.05) is 25.1 Å². The van der Waals surface area contributed by atoms with Gasteiger partial charge in [0, 0.05) is 17.7 Å². The molecule has 0 aliphatic carbocycles. The summed E-state index contributed by atoms with van der Waals surface area (Å²) < 4.78 is 0.486. The number of carbonyl (C=O) groups excluding carboxylic acids is 1. The first-order chi connectivity index (χ1) is 18.4. The number of nitrogens with zero attached hydrogens (tertiary/aromatic N) is 3. The molecule has 38 heavy (non-hydrogen) atoms. The minimum atomic E-state index is -0.155. The second-order valence-electron chi connectivity index (χ2n) is 9.19. The summed E-state index contributed by atoms with van der Waals surface area (Å²) in [7, 11) is 2.18. The summed E-state index contributed by atoms with van der Waals surface area (Å²) in [5.41, 5.74) is 5.49. The minimum Gasteiger partial charge on any atom is -0.384 e. The van der Waals surface area contributed by atoms with Crippen LogP contribution in [0.3, 0.4) is 0 Å². The number of amidine groups is 1. The van der Waals surface area contributed by atoms with Crippen molar-refractivity contribution >= 4 is 51.7 Å². The maximum atomic E-state index is 13.4. The lowest BCUT2D eigenvalue weighted by molar-refractivity contribution is -0.804. The van der Waals surface area contributed by atoms with Crippen molar-refractivity contribution < 1.29 is 9.28 Å². The van der Waals surface area contributed by atoms with Crippen molar-refractivity contribution in [2.45, 2.75) is 20.4 Å². The number of carbonyl (C=O) groups is 1. The molecule has 2 N–H and O–H groups in total. The van der Waals surface area contributed by atoms with Crippen LogP contribution in [-0.4, -0.2) is 29.2 Å². The Bertz CT molecular complexity index is 1520. The van der Waals surface area contributed by atoms with Crippen molar-refractivity contribution in [2.75, 3.05) is 18.9 Å². The minimum absolute atomic E-state index is 0.155. The number of nitriles is 1. The number of allylic oxidation sites excluding steroid dienone is 1. The largest absolute Gasteiger partial charge is 0.384 e. The Labute approximate surface area is 231 Å². The van der Waals surface area contributed by atoms with Gasteiger partial charge in [-0.3, -0.25) is 4.79 Å². The number of aliphatic imine (C=N–C) groups is 1. The van der Waals surface area contributed by atoms with Gasteiger partial charge in [0.15, 0.2) is 15.9 Å². The third-order valence-electron chi connectivity index (χ3n) is 6.45. The van der Waals surface area contributed by atoms with Gasteiger partial charge < -0.3 is 10.6 Å². The molecular weight excluding hydrogens is 510 g/mol. The van der Waals surface area contributed by atoms with E-state index in [1.165, 1.54) is 27.9 Å². The highest BCUT2D eigenvalue weighted by atomic mass is 32.2. The molecule has 8 heteroatoms. The molecule has 6 nitrogen and oxygen atoms in total. The van der Waals surface area contributed by atoms with Gasteiger partial charge in [-0.25, -0.2) is 9.48 Å². The van der Waals surface area contributed by atoms with E-state index in [4.69, 9.17) is 4.99 Å². The standard InChI is InChI=1S/C30H27N5OS2/c1-4-32-24-16-15-22(18-31)17-25(24)33-30-34-28(36)27(38-30)29-35(3,19-21-11-7-5-8-12-21)26(20(2)37-29)23-13-9-6-10-14-23/h5-17,32H,4,19H2,1-3H3/p+1. The van der Waals surface area contributed by atoms with Crippen molar-refractivity contribution in [1.82, 2.24) is 5.32 Å². The van der Waals surface area contributed by atoms with Crippen molar-refractivity contribution in [3.05, 3.63) is 110 Å². The van der Waals surface area contributed by atoms with Crippen LogP contribution in [0.1, 0.15) is 30.5 Å². The van der Waals surface area contributed by atoms with Crippen LogP contribution in [0.15, 0.2) is 98.7 Å². The molecule has 2 heterocycles. The Morgan fingerprint density at radius 3 is 2.42 bits per heavy atom. The fraction of sp³-hybridized carbons (Fsp3) is 0.167. The van der Waals surface area contributed by atoms with E-state index < -0.39 is 0 Å². The average Bonchev–Trinajstić information content (AvgIpc) is 3.40. The number of thioether (sulfide) groups is 2. The molecule has 3 aromatic carbocycles. The van der Waals surface area contributed by atoms with Gasteiger partial charge in [-0.1, -0.05) is 48.5 Å². The molecule has 190 valence electrons. The zero-order chi connectivity index (χ0) is 26.7. The highest BCUT2D eigenvalue weighted by Crippen LogP contribution is 2.54. The molecule has 1 fully saturated rings. The number of anilines is 1. The summed E-state index contributed by atoms with van der Waals surface area (Å²) in [4.78, 5) is 20.0. The molecule has 1 unspecified atom stereocenters. The maximum Gasteiger partial charge on any atom is 0.270 e. The van der Waals surface area contributed by atoms with Crippen LogP contribution in [0.4, 0.5) is 11.4 Å². The third-order valence-corrected chi connectivity index (χ3v) is 8.85. The van der Waals surface area contributed by atoms with Gasteiger partial charge in [-0.15, -0.1) is 0 Å². The molecule has 1 atom stereocenters. The molecule has 0 radical (unpaired) electrons. The molecule has 0 spiro atoms. The maximum absolute atomic E-state index is 13.4. The number of hydrogen-bond acceptors (Lipinski definition) is 6. The van der Waals surface area contributed by atoms with E-state index in [1.54, 1.807) is 23.9 Å². The summed E-state index contributed by atoms with van der Waals surface area (Å²) in [6.45, 7) is 5.57. The van der Waals surface area contributed by atoms with Gasteiger partial charge in [0.2, 0.25) is 0 Å². The van der Waals surface area contributed by atoms with E-state index >= 15 is 0 Å². The summed E-state index contributed by atoms with van der Waals surface area (Å²) in [6.07, 6.45) is 0. The predicted octanol–water partition coefficient (Wildman–Crippen LogP) is 6.79. The first-order valence-corrected chi connectivity index (χ1v) is 14.0. The van der Waals surface area contributed by atoms with Crippen LogP contribution in [-0.2, 0) is 11.3 Å².